The molecule has 0 spiro atoms. The molecule has 1 aliphatic heterocycles. The molecular weight excluding hydrogens is 246 g/mol. The first-order chi connectivity index (χ1) is 9.81. The van der Waals surface area contributed by atoms with Crippen LogP contribution in [0, 0.1) is 0 Å². The van der Waals surface area contributed by atoms with Crippen LogP contribution in [-0.2, 0) is 25.8 Å². The highest BCUT2D eigenvalue weighted by molar-refractivity contribution is 5.27. The lowest BCUT2D eigenvalue weighted by Gasteiger charge is -2.26. The molecule has 2 aromatic rings. The zero-order chi connectivity index (χ0) is 13.9. The molecule has 1 aromatic carbocycles. The molecule has 20 heavy (non-hydrogen) atoms. The molecule has 2 N–H and O–H groups in total. The summed E-state index contributed by atoms with van der Waals surface area (Å²) in [6, 6.07) is 9.13. The van der Waals surface area contributed by atoms with Gasteiger partial charge in [0.05, 0.1) is 0 Å². The van der Waals surface area contributed by atoms with Crippen molar-refractivity contribution >= 4 is 0 Å². The SMILES string of the molecule is CCc1ccc(C2CCc3cnc(CCN)n3C2)cc1. The smallest absolute Gasteiger partial charge is 0.110 e. The van der Waals surface area contributed by atoms with Gasteiger partial charge >= 0.3 is 0 Å². The molecule has 0 bridgehead atoms. The van der Waals surface area contributed by atoms with Gasteiger partial charge in [0.2, 0.25) is 0 Å². The van der Waals surface area contributed by atoms with Gasteiger partial charge in [-0.3, -0.25) is 0 Å². The topological polar surface area (TPSA) is 43.8 Å². The van der Waals surface area contributed by atoms with E-state index in [1.54, 1.807) is 0 Å². The van der Waals surface area contributed by atoms with E-state index in [-0.39, 0.29) is 0 Å². The molecule has 0 saturated carbocycles. The number of benzene rings is 1. The van der Waals surface area contributed by atoms with Gasteiger partial charge in [0, 0.05) is 30.8 Å². The fourth-order valence-electron chi connectivity index (χ4n) is 3.14. The number of hydrogen-bond donors (Lipinski definition) is 1. The molecule has 3 rings (SSSR count). The van der Waals surface area contributed by atoms with Crippen LogP contribution in [0.3, 0.4) is 0 Å². The number of aryl methyl sites for hydroxylation is 2. The number of rotatable bonds is 4. The first-order valence-electron chi connectivity index (χ1n) is 7.64. The van der Waals surface area contributed by atoms with E-state index in [0.717, 1.165) is 31.6 Å². The fourth-order valence-corrected chi connectivity index (χ4v) is 3.14. The van der Waals surface area contributed by atoms with Crippen molar-refractivity contribution in [1.29, 1.82) is 0 Å². The Balaban J connectivity index is 1.81. The number of fused-ring (bicyclic) bond motifs is 1. The van der Waals surface area contributed by atoms with Gasteiger partial charge in [0.1, 0.15) is 5.82 Å². The van der Waals surface area contributed by atoms with Gasteiger partial charge in [-0.1, -0.05) is 31.2 Å². The fraction of sp³-hybridized carbons (Fsp3) is 0.471. The minimum absolute atomic E-state index is 0.610. The third-order valence-electron chi connectivity index (χ3n) is 4.40. The van der Waals surface area contributed by atoms with Crippen LogP contribution in [0.2, 0.25) is 0 Å². The maximum atomic E-state index is 5.68. The van der Waals surface area contributed by atoms with Gasteiger partial charge in [-0.05, 0) is 36.9 Å². The number of nitrogens with zero attached hydrogens (tertiary/aromatic N) is 2. The van der Waals surface area contributed by atoms with Gasteiger partial charge in [0.15, 0.2) is 0 Å². The van der Waals surface area contributed by atoms with E-state index < -0.39 is 0 Å². The summed E-state index contributed by atoms with van der Waals surface area (Å²) in [7, 11) is 0. The van der Waals surface area contributed by atoms with E-state index in [4.69, 9.17) is 5.73 Å². The summed E-state index contributed by atoms with van der Waals surface area (Å²) >= 11 is 0. The summed E-state index contributed by atoms with van der Waals surface area (Å²) in [6.07, 6.45) is 6.36. The first kappa shape index (κ1) is 13.4. The van der Waals surface area contributed by atoms with Crippen LogP contribution < -0.4 is 5.73 Å². The van der Waals surface area contributed by atoms with Crippen LogP contribution in [0.5, 0.6) is 0 Å². The summed E-state index contributed by atoms with van der Waals surface area (Å²) in [5, 5.41) is 0. The lowest BCUT2D eigenvalue weighted by Crippen LogP contribution is -2.21. The van der Waals surface area contributed by atoms with Gasteiger partial charge in [0.25, 0.3) is 0 Å². The van der Waals surface area contributed by atoms with Crippen LogP contribution in [0.25, 0.3) is 0 Å². The van der Waals surface area contributed by atoms with Gasteiger partial charge in [-0.2, -0.15) is 0 Å². The molecule has 1 atom stereocenters. The van der Waals surface area contributed by atoms with Crippen LogP contribution >= 0.6 is 0 Å². The Kier molecular flexibility index (Phi) is 3.88. The standard InChI is InChI=1S/C17H23N3/c1-2-13-3-5-14(6-4-13)15-7-8-16-11-19-17(9-10-18)20(16)12-15/h3-6,11,15H,2,7-10,12,18H2,1H3. The Morgan fingerprint density at radius 3 is 2.80 bits per heavy atom. The second-order valence-corrected chi connectivity index (χ2v) is 5.65. The lowest BCUT2D eigenvalue weighted by atomic mass is 9.90. The van der Waals surface area contributed by atoms with Crippen molar-refractivity contribution in [2.75, 3.05) is 6.54 Å². The zero-order valence-electron chi connectivity index (χ0n) is 12.2. The van der Waals surface area contributed by atoms with Crippen molar-refractivity contribution in [2.24, 2.45) is 5.73 Å². The van der Waals surface area contributed by atoms with E-state index in [1.807, 2.05) is 6.20 Å². The zero-order valence-corrected chi connectivity index (χ0v) is 12.2. The molecule has 1 unspecified atom stereocenters. The Labute approximate surface area is 120 Å². The quantitative estimate of drug-likeness (QED) is 0.927. The molecule has 0 fully saturated rings. The van der Waals surface area contributed by atoms with Crippen LogP contribution in [0.1, 0.15) is 41.9 Å². The van der Waals surface area contributed by atoms with Crippen molar-refractivity contribution in [3.05, 3.63) is 53.1 Å². The molecule has 3 nitrogen and oxygen atoms in total. The summed E-state index contributed by atoms with van der Waals surface area (Å²) in [4.78, 5) is 4.53. The molecule has 1 aliphatic rings. The predicted octanol–water partition coefficient (Wildman–Crippen LogP) is 2.68. The number of hydrogen-bond acceptors (Lipinski definition) is 2. The first-order valence-corrected chi connectivity index (χ1v) is 7.64. The van der Waals surface area contributed by atoms with Crippen molar-refractivity contribution in [1.82, 2.24) is 9.55 Å². The van der Waals surface area contributed by atoms with E-state index in [0.29, 0.717) is 12.5 Å². The summed E-state index contributed by atoms with van der Waals surface area (Å²) in [5.74, 6) is 1.76. The van der Waals surface area contributed by atoms with Gasteiger partial charge < -0.3 is 10.3 Å². The maximum absolute atomic E-state index is 5.68. The Hall–Kier alpha value is -1.61. The van der Waals surface area contributed by atoms with E-state index >= 15 is 0 Å². The lowest BCUT2D eigenvalue weighted by molar-refractivity contribution is 0.451. The predicted molar refractivity (Wildman–Crippen MR) is 81.9 cm³/mol. The Morgan fingerprint density at radius 2 is 2.10 bits per heavy atom. The van der Waals surface area contributed by atoms with E-state index in [1.165, 1.54) is 23.2 Å². The van der Waals surface area contributed by atoms with Crippen molar-refractivity contribution in [3.8, 4) is 0 Å². The molecule has 3 heteroatoms. The van der Waals surface area contributed by atoms with Crippen LogP contribution in [-0.4, -0.2) is 16.1 Å². The molecular formula is C17H23N3. The molecule has 1 aromatic heterocycles. The normalized spacial score (nSPS) is 18.0. The minimum Gasteiger partial charge on any atom is -0.331 e. The highest BCUT2D eigenvalue weighted by Gasteiger charge is 2.22. The molecule has 0 saturated heterocycles. The Morgan fingerprint density at radius 1 is 1.30 bits per heavy atom. The summed E-state index contributed by atoms with van der Waals surface area (Å²) in [5.41, 5.74) is 9.92. The summed E-state index contributed by atoms with van der Waals surface area (Å²) in [6.45, 7) is 3.93. The Bertz CT molecular complexity index is 568. The van der Waals surface area contributed by atoms with Crippen molar-refractivity contribution < 1.29 is 0 Å². The van der Waals surface area contributed by atoms with Crippen molar-refractivity contribution in [3.63, 3.8) is 0 Å². The average Bonchev–Trinajstić information content (AvgIpc) is 2.90. The van der Waals surface area contributed by atoms with Gasteiger partial charge in [-0.25, -0.2) is 4.98 Å². The summed E-state index contributed by atoms with van der Waals surface area (Å²) < 4.78 is 2.38. The molecule has 2 heterocycles. The van der Waals surface area contributed by atoms with Crippen LogP contribution in [0.4, 0.5) is 0 Å². The molecule has 0 amide bonds. The number of imidazole rings is 1. The van der Waals surface area contributed by atoms with Crippen LogP contribution in [0.15, 0.2) is 30.5 Å². The largest absolute Gasteiger partial charge is 0.331 e. The molecule has 0 aliphatic carbocycles. The van der Waals surface area contributed by atoms with E-state index in [9.17, 15) is 0 Å². The molecule has 0 radical (unpaired) electrons. The minimum atomic E-state index is 0.610. The maximum Gasteiger partial charge on any atom is 0.110 e. The second-order valence-electron chi connectivity index (χ2n) is 5.65. The van der Waals surface area contributed by atoms with Gasteiger partial charge in [-0.15, -0.1) is 0 Å². The highest BCUT2D eigenvalue weighted by atomic mass is 15.1. The average molecular weight is 269 g/mol. The van der Waals surface area contributed by atoms with E-state index in [2.05, 4.69) is 40.7 Å². The van der Waals surface area contributed by atoms with Crippen molar-refractivity contribution in [2.45, 2.75) is 45.1 Å². The third-order valence-corrected chi connectivity index (χ3v) is 4.40. The number of nitrogens with two attached hydrogens (primary N) is 1. The molecule has 106 valence electrons. The number of aromatic nitrogens is 2. The highest BCUT2D eigenvalue weighted by Crippen LogP contribution is 2.30. The second kappa shape index (κ2) is 5.80. The third kappa shape index (κ3) is 2.50. The monoisotopic (exact) mass is 269 g/mol.